The van der Waals surface area contributed by atoms with Crippen LogP contribution < -0.4 is 5.32 Å². The molecule has 1 saturated heterocycles. The number of sulfone groups is 1. The van der Waals surface area contributed by atoms with Gasteiger partial charge < -0.3 is 5.32 Å². The van der Waals surface area contributed by atoms with E-state index in [-0.39, 0.29) is 11.7 Å². The highest BCUT2D eigenvalue weighted by Crippen LogP contribution is 2.21. The topological polar surface area (TPSA) is 46.2 Å². The molecule has 0 aromatic heterocycles. The van der Waals surface area contributed by atoms with Crippen molar-refractivity contribution in [2.24, 2.45) is 5.92 Å². The predicted molar refractivity (Wildman–Crippen MR) is 64.3 cm³/mol. The minimum absolute atomic E-state index is 0.268. The largest absolute Gasteiger partial charge is 0.316 e. The fourth-order valence-electron chi connectivity index (χ4n) is 1.91. The molecular weight excluding hydrogens is 222 g/mol. The van der Waals surface area contributed by atoms with Crippen molar-refractivity contribution in [2.45, 2.75) is 18.7 Å². The Morgan fingerprint density at radius 2 is 2.00 bits per heavy atom. The number of hydrogen-bond donors (Lipinski definition) is 1. The van der Waals surface area contributed by atoms with E-state index in [9.17, 15) is 8.42 Å². The molecule has 3 nitrogen and oxygen atoms in total. The summed E-state index contributed by atoms with van der Waals surface area (Å²) >= 11 is 0. The minimum Gasteiger partial charge on any atom is -0.316 e. The van der Waals surface area contributed by atoms with E-state index >= 15 is 0 Å². The second-order valence-corrected chi connectivity index (χ2v) is 6.58. The summed E-state index contributed by atoms with van der Waals surface area (Å²) < 4.78 is 24.4. The minimum atomic E-state index is -3.11. The highest BCUT2D eigenvalue weighted by molar-refractivity contribution is 7.91. The van der Waals surface area contributed by atoms with Crippen LogP contribution >= 0.6 is 0 Å². The molecule has 88 valence electrons. The molecule has 0 radical (unpaired) electrons. The second-order valence-electron chi connectivity index (χ2n) is 4.57. The Labute approximate surface area is 96.8 Å². The van der Waals surface area contributed by atoms with Crippen LogP contribution in [0.4, 0.5) is 0 Å². The average molecular weight is 239 g/mol. The summed E-state index contributed by atoms with van der Waals surface area (Å²) in [7, 11) is -3.11. The average Bonchev–Trinajstić information content (AvgIpc) is 2.16. The van der Waals surface area contributed by atoms with Crippen molar-refractivity contribution >= 4 is 9.84 Å². The normalized spacial score (nSPS) is 17.1. The maximum atomic E-state index is 12.2. The van der Waals surface area contributed by atoms with Crippen LogP contribution in [0.25, 0.3) is 0 Å². The zero-order valence-electron chi connectivity index (χ0n) is 9.66. The summed E-state index contributed by atoms with van der Waals surface area (Å²) in [6.45, 7) is 5.42. The molecule has 16 heavy (non-hydrogen) atoms. The van der Waals surface area contributed by atoms with Crippen molar-refractivity contribution < 1.29 is 8.42 Å². The van der Waals surface area contributed by atoms with Crippen LogP contribution in [0.1, 0.15) is 11.1 Å². The van der Waals surface area contributed by atoms with Crippen LogP contribution in [0.15, 0.2) is 23.1 Å². The number of aryl methyl sites for hydroxylation is 2. The fourth-order valence-corrected chi connectivity index (χ4v) is 3.87. The van der Waals surface area contributed by atoms with Crippen LogP contribution in [0, 0.1) is 19.8 Å². The summed E-state index contributed by atoms with van der Waals surface area (Å²) in [5.41, 5.74) is 1.84. The van der Waals surface area contributed by atoms with Crippen molar-refractivity contribution in [3.05, 3.63) is 29.3 Å². The molecule has 1 N–H and O–H groups in total. The second kappa shape index (κ2) is 4.18. The van der Waals surface area contributed by atoms with Gasteiger partial charge in [-0.1, -0.05) is 12.1 Å². The summed E-state index contributed by atoms with van der Waals surface area (Å²) in [6, 6.07) is 5.59. The molecule has 1 aromatic rings. The lowest BCUT2D eigenvalue weighted by Crippen LogP contribution is -2.45. The van der Waals surface area contributed by atoms with E-state index < -0.39 is 9.84 Å². The lowest BCUT2D eigenvalue weighted by atomic mass is 10.1. The monoisotopic (exact) mass is 239 g/mol. The fraction of sp³-hybridized carbons (Fsp3) is 0.500. The van der Waals surface area contributed by atoms with Crippen molar-refractivity contribution in [3.8, 4) is 0 Å². The molecule has 1 aliphatic rings. The van der Waals surface area contributed by atoms with Gasteiger partial charge >= 0.3 is 0 Å². The number of hydrogen-bond acceptors (Lipinski definition) is 3. The van der Waals surface area contributed by atoms with E-state index in [1.807, 2.05) is 26.0 Å². The number of benzene rings is 1. The van der Waals surface area contributed by atoms with Crippen molar-refractivity contribution in [1.29, 1.82) is 0 Å². The van der Waals surface area contributed by atoms with Crippen molar-refractivity contribution in [1.82, 2.24) is 5.32 Å². The van der Waals surface area contributed by atoms with E-state index in [0.29, 0.717) is 4.90 Å². The molecule has 0 unspecified atom stereocenters. The molecule has 0 aliphatic carbocycles. The Kier molecular flexibility index (Phi) is 3.04. The van der Waals surface area contributed by atoms with Crippen LogP contribution in [-0.4, -0.2) is 27.3 Å². The maximum Gasteiger partial charge on any atom is 0.179 e. The van der Waals surface area contributed by atoms with Gasteiger partial charge in [-0.25, -0.2) is 8.42 Å². The molecule has 1 aliphatic heterocycles. The van der Waals surface area contributed by atoms with Gasteiger partial charge in [-0.2, -0.15) is 0 Å². The summed E-state index contributed by atoms with van der Waals surface area (Å²) in [5, 5.41) is 3.10. The van der Waals surface area contributed by atoms with Gasteiger partial charge in [-0.3, -0.25) is 0 Å². The summed E-state index contributed by atoms with van der Waals surface area (Å²) in [6.07, 6.45) is 0. The van der Waals surface area contributed by atoms with Gasteiger partial charge in [-0.05, 0) is 37.0 Å². The van der Waals surface area contributed by atoms with Gasteiger partial charge in [0.25, 0.3) is 0 Å². The van der Waals surface area contributed by atoms with Crippen molar-refractivity contribution in [2.75, 3.05) is 18.8 Å². The molecule has 0 spiro atoms. The Morgan fingerprint density at radius 1 is 1.31 bits per heavy atom. The first-order valence-corrected chi connectivity index (χ1v) is 7.15. The quantitative estimate of drug-likeness (QED) is 0.864. The SMILES string of the molecule is Cc1ccc(C)c(S(=O)(=O)CC2CNC2)c1. The smallest absolute Gasteiger partial charge is 0.179 e. The molecule has 1 heterocycles. The molecule has 1 fully saturated rings. The van der Waals surface area contributed by atoms with E-state index in [1.54, 1.807) is 6.07 Å². The standard InChI is InChI=1S/C12H17NO2S/c1-9-3-4-10(2)12(5-9)16(14,15)8-11-6-13-7-11/h3-5,11,13H,6-8H2,1-2H3. The number of nitrogens with one attached hydrogen (secondary N) is 1. The molecule has 4 heteroatoms. The maximum absolute atomic E-state index is 12.2. The molecule has 0 bridgehead atoms. The van der Waals surface area contributed by atoms with Gasteiger partial charge in [0.2, 0.25) is 0 Å². The molecular formula is C12H17NO2S. The van der Waals surface area contributed by atoms with E-state index in [1.165, 1.54) is 0 Å². The summed E-state index contributed by atoms with van der Waals surface area (Å²) in [4.78, 5) is 0.499. The first-order chi connectivity index (χ1) is 7.49. The van der Waals surface area contributed by atoms with E-state index in [2.05, 4.69) is 5.32 Å². The third-order valence-electron chi connectivity index (χ3n) is 3.00. The van der Waals surface area contributed by atoms with Crippen LogP contribution in [0.5, 0.6) is 0 Å². The van der Waals surface area contributed by atoms with Crippen LogP contribution in [-0.2, 0) is 9.84 Å². The van der Waals surface area contributed by atoms with Gasteiger partial charge in [0.15, 0.2) is 9.84 Å². The van der Waals surface area contributed by atoms with Crippen molar-refractivity contribution in [3.63, 3.8) is 0 Å². The Balaban J connectivity index is 2.30. The molecule has 0 saturated carbocycles. The zero-order chi connectivity index (χ0) is 11.8. The van der Waals surface area contributed by atoms with E-state index in [0.717, 1.165) is 24.2 Å². The molecule has 0 atom stereocenters. The first-order valence-electron chi connectivity index (χ1n) is 5.50. The van der Waals surface area contributed by atoms with Crippen LogP contribution in [0.3, 0.4) is 0 Å². The first kappa shape index (κ1) is 11.6. The number of rotatable bonds is 3. The predicted octanol–water partition coefficient (Wildman–Crippen LogP) is 1.30. The zero-order valence-corrected chi connectivity index (χ0v) is 10.5. The van der Waals surface area contributed by atoms with Crippen LogP contribution in [0.2, 0.25) is 0 Å². The molecule has 1 aromatic carbocycles. The van der Waals surface area contributed by atoms with Gasteiger partial charge in [0.1, 0.15) is 0 Å². The Hall–Kier alpha value is -0.870. The Bertz CT molecular complexity index is 490. The molecule has 2 rings (SSSR count). The summed E-state index contributed by atoms with van der Waals surface area (Å²) in [5.74, 6) is 0.550. The van der Waals surface area contributed by atoms with Gasteiger partial charge in [-0.15, -0.1) is 0 Å². The highest BCUT2D eigenvalue weighted by atomic mass is 32.2. The highest BCUT2D eigenvalue weighted by Gasteiger charge is 2.26. The van der Waals surface area contributed by atoms with E-state index in [4.69, 9.17) is 0 Å². The van der Waals surface area contributed by atoms with Gasteiger partial charge in [0, 0.05) is 13.1 Å². The lowest BCUT2D eigenvalue weighted by Gasteiger charge is -2.26. The lowest BCUT2D eigenvalue weighted by molar-refractivity contribution is 0.378. The third-order valence-corrected chi connectivity index (χ3v) is 5.02. The third kappa shape index (κ3) is 2.28. The van der Waals surface area contributed by atoms with Gasteiger partial charge in [0.05, 0.1) is 10.6 Å². The molecule has 0 amide bonds. The Morgan fingerprint density at radius 3 is 2.56 bits per heavy atom.